The summed E-state index contributed by atoms with van der Waals surface area (Å²) in [4.78, 5) is 18.7. The number of aliphatic hydroxyl groups is 1. The Kier molecular flexibility index (Phi) is 6.82. The first-order valence-corrected chi connectivity index (χ1v) is 13.0. The smallest absolute Gasteiger partial charge is 0.349 e. The lowest BCUT2D eigenvalue weighted by Crippen LogP contribution is -2.44. The van der Waals surface area contributed by atoms with Gasteiger partial charge in [0.05, 0.1) is 10.2 Å². The van der Waals surface area contributed by atoms with Gasteiger partial charge in [-0.05, 0) is 60.1 Å². The lowest BCUT2D eigenvalue weighted by molar-refractivity contribution is -0.164. The molecule has 4 rings (SSSR count). The van der Waals surface area contributed by atoms with Crippen LogP contribution in [0.2, 0.25) is 0 Å². The van der Waals surface area contributed by atoms with E-state index in [0.717, 1.165) is 26.2 Å². The number of fused-ring (bicyclic) bond motifs is 1. The number of thioether (sulfide) groups is 1. The van der Waals surface area contributed by atoms with E-state index in [0.29, 0.717) is 18.0 Å². The molecule has 0 saturated carbocycles. The number of ether oxygens (including phenoxy) is 1. The number of hydrogen-bond donors (Lipinski definition) is 3. The van der Waals surface area contributed by atoms with Crippen LogP contribution in [-0.4, -0.2) is 26.8 Å². The zero-order valence-electron chi connectivity index (χ0n) is 19.8. The third kappa shape index (κ3) is 4.88. The number of phenolic OH excluding ortho intramolecular Hbond substituents is 1. The minimum absolute atomic E-state index is 0.0185. The molecule has 3 aromatic rings. The van der Waals surface area contributed by atoms with Crippen molar-refractivity contribution in [2.24, 2.45) is 5.92 Å². The summed E-state index contributed by atoms with van der Waals surface area (Å²) in [6.07, 6.45) is 1.51. The molecule has 0 spiro atoms. The molecule has 0 radical (unpaired) electrons. The molecule has 8 heteroatoms. The molecular weight excluding hydrogens is 468 g/mol. The van der Waals surface area contributed by atoms with Gasteiger partial charge in [0.25, 0.3) is 0 Å². The summed E-state index contributed by atoms with van der Waals surface area (Å²) in [5.74, 6) is 0.0157. The van der Waals surface area contributed by atoms with Gasteiger partial charge in [-0.25, -0.2) is 9.78 Å². The molecule has 1 aliphatic rings. The Bertz CT molecular complexity index is 1250. The molecule has 0 bridgehead atoms. The van der Waals surface area contributed by atoms with Gasteiger partial charge in [0.2, 0.25) is 0 Å². The third-order valence-electron chi connectivity index (χ3n) is 6.41. The number of aliphatic hydroxyl groups excluding tert-OH is 1. The summed E-state index contributed by atoms with van der Waals surface area (Å²) in [6.45, 7) is 8.19. The Balaban J connectivity index is 1.62. The summed E-state index contributed by atoms with van der Waals surface area (Å²) < 4.78 is 7.01. The van der Waals surface area contributed by atoms with Crippen molar-refractivity contribution in [1.29, 1.82) is 0 Å². The highest BCUT2D eigenvalue weighted by Gasteiger charge is 2.44. The van der Waals surface area contributed by atoms with Crippen LogP contribution < -0.4 is 5.73 Å². The van der Waals surface area contributed by atoms with E-state index in [1.807, 2.05) is 38.1 Å². The Hall–Kier alpha value is -2.71. The molecular formula is C26H30N2O4S2. The van der Waals surface area contributed by atoms with Crippen molar-refractivity contribution in [3.8, 4) is 5.75 Å². The lowest BCUT2D eigenvalue weighted by atomic mass is 9.80. The highest BCUT2D eigenvalue weighted by Crippen LogP contribution is 2.45. The Morgan fingerprint density at radius 2 is 1.88 bits per heavy atom. The number of nitrogen functional groups attached to an aromatic ring is 1. The van der Waals surface area contributed by atoms with E-state index in [1.165, 1.54) is 23.1 Å². The van der Waals surface area contributed by atoms with Gasteiger partial charge in [-0.15, -0.1) is 0 Å². The summed E-state index contributed by atoms with van der Waals surface area (Å²) >= 11 is 2.66. The average Bonchev–Trinajstić information content (AvgIpc) is 3.14. The molecule has 0 amide bonds. The summed E-state index contributed by atoms with van der Waals surface area (Å²) in [5.41, 5.74) is 8.03. The second-order valence-corrected chi connectivity index (χ2v) is 11.5. The van der Waals surface area contributed by atoms with Crippen LogP contribution in [0.1, 0.15) is 57.6 Å². The molecule has 0 fully saturated rings. The van der Waals surface area contributed by atoms with Crippen LogP contribution in [0, 0.1) is 5.92 Å². The van der Waals surface area contributed by atoms with E-state index in [4.69, 9.17) is 10.5 Å². The molecule has 0 aliphatic carbocycles. The number of aromatic hydroxyl groups is 1. The molecule has 0 saturated heterocycles. The van der Waals surface area contributed by atoms with Crippen LogP contribution in [0.15, 0.2) is 52.0 Å². The monoisotopic (exact) mass is 498 g/mol. The Morgan fingerprint density at radius 1 is 1.18 bits per heavy atom. The summed E-state index contributed by atoms with van der Waals surface area (Å²) in [6, 6.07) is 11.0. The molecule has 2 aromatic carbocycles. The largest absolute Gasteiger partial charge is 0.511 e. The van der Waals surface area contributed by atoms with Gasteiger partial charge in [-0.1, -0.05) is 62.9 Å². The number of benzene rings is 2. The molecule has 34 heavy (non-hydrogen) atoms. The van der Waals surface area contributed by atoms with Gasteiger partial charge >= 0.3 is 5.97 Å². The van der Waals surface area contributed by atoms with Crippen molar-refractivity contribution in [2.45, 2.75) is 63.4 Å². The van der Waals surface area contributed by atoms with Crippen molar-refractivity contribution in [3.63, 3.8) is 0 Å². The van der Waals surface area contributed by atoms with Crippen molar-refractivity contribution in [1.82, 2.24) is 4.98 Å². The number of nitrogens with two attached hydrogens (primary N) is 1. The fourth-order valence-electron chi connectivity index (χ4n) is 4.26. The Labute approximate surface area is 207 Å². The number of esters is 1. The SMILES string of the molecule is CC(C)c1cc2nc(N)sc2cc1SC1=C(O)C[C@@](CCc2ccc(O)cc2)(C(C)C)OC1=O. The van der Waals surface area contributed by atoms with E-state index < -0.39 is 11.6 Å². The van der Waals surface area contributed by atoms with Crippen molar-refractivity contribution < 1.29 is 19.7 Å². The first kappa shape index (κ1) is 24.4. The van der Waals surface area contributed by atoms with E-state index in [2.05, 4.69) is 18.8 Å². The normalized spacial score (nSPS) is 18.8. The number of phenols is 1. The van der Waals surface area contributed by atoms with Gasteiger partial charge in [0, 0.05) is 11.3 Å². The number of carbonyl (C=O) groups excluding carboxylic acids is 1. The highest BCUT2D eigenvalue weighted by atomic mass is 32.2. The molecule has 1 atom stereocenters. The van der Waals surface area contributed by atoms with Crippen LogP contribution in [0.25, 0.3) is 10.2 Å². The standard InChI is InChI=1S/C26H30N2O4S2/c1-14(2)18-11-19-22(34-25(27)28-19)12-21(18)33-23-20(30)13-26(15(3)4,32-24(23)31)10-9-16-5-7-17(29)8-6-16/h5-8,11-12,14-15,29-30H,9-10,13H2,1-4H3,(H2,27,28)/t26-/m0/s1. The Morgan fingerprint density at radius 3 is 2.50 bits per heavy atom. The molecule has 0 unspecified atom stereocenters. The van der Waals surface area contributed by atoms with E-state index in [1.54, 1.807) is 12.1 Å². The third-order valence-corrected chi connectivity index (χ3v) is 8.43. The predicted octanol–water partition coefficient (Wildman–Crippen LogP) is 6.54. The maximum Gasteiger partial charge on any atom is 0.349 e. The molecule has 1 aromatic heterocycles. The predicted molar refractivity (Wildman–Crippen MR) is 138 cm³/mol. The van der Waals surface area contributed by atoms with Crippen LogP contribution in [0.5, 0.6) is 5.75 Å². The number of nitrogens with zero attached hydrogens (tertiary/aromatic N) is 1. The minimum Gasteiger partial charge on any atom is -0.511 e. The van der Waals surface area contributed by atoms with Crippen LogP contribution in [0.4, 0.5) is 5.13 Å². The van der Waals surface area contributed by atoms with Crippen molar-refractivity contribution in [2.75, 3.05) is 5.73 Å². The minimum atomic E-state index is -0.792. The highest BCUT2D eigenvalue weighted by molar-refractivity contribution is 8.04. The topological polar surface area (TPSA) is 106 Å². The van der Waals surface area contributed by atoms with Crippen LogP contribution in [-0.2, 0) is 16.0 Å². The van der Waals surface area contributed by atoms with Crippen molar-refractivity contribution >= 4 is 44.4 Å². The number of aryl methyl sites for hydroxylation is 1. The van der Waals surface area contributed by atoms with Gasteiger partial charge in [0.1, 0.15) is 22.0 Å². The van der Waals surface area contributed by atoms with Gasteiger partial charge in [-0.3, -0.25) is 0 Å². The first-order valence-electron chi connectivity index (χ1n) is 11.4. The molecule has 1 aliphatic heterocycles. The number of cyclic esters (lactones) is 1. The fourth-order valence-corrected chi connectivity index (χ4v) is 6.21. The molecule has 6 nitrogen and oxygen atoms in total. The number of aromatic nitrogens is 1. The quantitative estimate of drug-likeness (QED) is 0.317. The summed E-state index contributed by atoms with van der Waals surface area (Å²) in [7, 11) is 0. The first-order chi connectivity index (χ1) is 16.1. The van der Waals surface area contributed by atoms with E-state index in [9.17, 15) is 15.0 Å². The summed E-state index contributed by atoms with van der Waals surface area (Å²) in [5, 5.41) is 21.1. The van der Waals surface area contributed by atoms with Crippen LogP contribution in [0.3, 0.4) is 0 Å². The lowest BCUT2D eigenvalue weighted by Gasteiger charge is -2.40. The van der Waals surface area contributed by atoms with Gasteiger partial charge in [-0.2, -0.15) is 0 Å². The molecule has 2 heterocycles. The number of thiazole rings is 1. The second kappa shape index (κ2) is 9.50. The number of rotatable bonds is 7. The molecule has 180 valence electrons. The number of anilines is 1. The van der Waals surface area contributed by atoms with Gasteiger partial charge < -0.3 is 20.7 Å². The maximum absolute atomic E-state index is 13.2. The van der Waals surface area contributed by atoms with Crippen molar-refractivity contribution in [3.05, 3.63) is 58.2 Å². The molecule has 4 N–H and O–H groups in total. The van der Waals surface area contributed by atoms with E-state index >= 15 is 0 Å². The number of hydrogen-bond acceptors (Lipinski definition) is 8. The zero-order valence-corrected chi connectivity index (χ0v) is 21.4. The maximum atomic E-state index is 13.2. The van der Waals surface area contributed by atoms with Gasteiger partial charge in [0.15, 0.2) is 5.13 Å². The van der Waals surface area contributed by atoms with E-state index in [-0.39, 0.29) is 34.7 Å². The van der Waals surface area contributed by atoms with Crippen LogP contribution >= 0.6 is 23.1 Å². The number of carbonyl (C=O) groups is 1. The zero-order chi connectivity index (χ0) is 24.6. The average molecular weight is 499 g/mol. The second-order valence-electron chi connectivity index (χ2n) is 9.39. The fraction of sp³-hybridized carbons (Fsp3) is 0.385.